The molecular weight excluding hydrogens is 431 g/mol. The molecular formula is C20H18Cl2N4O4. The van der Waals surface area contributed by atoms with Crippen LogP contribution < -0.4 is 5.43 Å². The fraction of sp³-hybridized carbons (Fsp3) is 0.250. The van der Waals surface area contributed by atoms with Crippen LogP contribution in [0.3, 0.4) is 0 Å². The second-order valence-corrected chi connectivity index (χ2v) is 7.62. The fourth-order valence-corrected chi connectivity index (χ4v) is 3.65. The minimum Gasteiger partial charge on any atom is -0.339 e. The maximum absolute atomic E-state index is 12.6. The van der Waals surface area contributed by atoms with Gasteiger partial charge in [0.1, 0.15) is 0 Å². The highest BCUT2D eigenvalue weighted by Crippen LogP contribution is 2.25. The van der Waals surface area contributed by atoms with Crippen LogP contribution in [-0.4, -0.2) is 40.9 Å². The number of carbonyl (C=O) groups is 2. The van der Waals surface area contributed by atoms with Crippen molar-refractivity contribution in [1.29, 1.82) is 0 Å². The first-order valence-corrected chi connectivity index (χ1v) is 9.92. The largest absolute Gasteiger partial charge is 0.339 e. The van der Waals surface area contributed by atoms with Gasteiger partial charge in [-0.3, -0.25) is 19.7 Å². The molecule has 0 radical (unpaired) electrons. The van der Waals surface area contributed by atoms with E-state index in [1.165, 1.54) is 24.4 Å². The van der Waals surface area contributed by atoms with Gasteiger partial charge < -0.3 is 4.90 Å². The number of halogens is 2. The summed E-state index contributed by atoms with van der Waals surface area (Å²) in [6, 6.07) is 10.7. The molecule has 2 aromatic carbocycles. The molecule has 0 atom stereocenters. The normalized spacial score (nSPS) is 14.7. The SMILES string of the molecule is O=C(N/N=C\c1cccc([N+](=O)[O-])c1)C1CCN(C(=O)c2ccc(Cl)cc2Cl)CC1. The number of nitro benzene ring substituents is 1. The predicted octanol–water partition coefficient (Wildman–Crippen LogP) is 3.90. The Bertz CT molecular complexity index is 1000. The van der Waals surface area contributed by atoms with Crippen molar-refractivity contribution in [2.75, 3.05) is 13.1 Å². The van der Waals surface area contributed by atoms with E-state index in [1.807, 2.05) is 0 Å². The number of non-ortho nitro benzene ring substituents is 1. The molecule has 0 spiro atoms. The summed E-state index contributed by atoms with van der Waals surface area (Å²) >= 11 is 12.0. The summed E-state index contributed by atoms with van der Waals surface area (Å²) < 4.78 is 0. The monoisotopic (exact) mass is 448 g/mol. The number of hydrogen-bond donors (Lipinski definition) is 1. The molecule has 0 bridgehead atoms. The summed E-state index contributed by atoms with van der Waals surface area (Å²) in [5.41, 5.74) is 3.29. The van der Waals surface area contributed by atoms with E-state index in [9.17, 15) is 19.7 Å². The molecule has 1 aliphatic rings. The number of rotatable bonds is 5. The van der Waals surface area contributed by atoms with Crippen molar-refractivity contribution in [3.8, 4) is 0 Å². The van der Waals surface area contributed by atoms with Crippen LogP contribution in [0.15, 0.2) is 47.6 Å². The molecule has 0 aromatic heterocycles. The molecule has 8 nitrogen and oxygen atoms in total. The van der Waals surface area contributed by atoms with Crippen LogP contribution in [0.4, 0.5) is 5.69 Å². The molecule has 1 fully saturated rings. The molecule has 2 aromatic rings. The van der Waals surface area contributed by atoms with Crippen LogP contribution in [-0.2, 0) is 4.79 Å². The van der Waals surface area contributed by atoms with Crippen molar-refractivity contribution in [2.45, 2.75) is 12.8 Å². The molecule has 10 heteroatoms. The molecule has 0 unspecified atom stereocenters. The van der Waals surface area contributed by atoms with Crippen LogP contribution in [0.25, 0.3) is 0 Å². The Morgan fingerprint density at radius 2 is 1.90 bits per heavy atom. The highest BCUT2D eigenvalue weighted by atomic mass is 35.5. The zero-order valence-corrected chi connectivity index (χ0v) is 17.3. The Kier molecular flexibility index (Phi) is 7.02. The highest BCUT2D eigenvalue weighted by molar-refractivity contribution is 6.36. The lowest BCUT2D eigenvalue weighted by molar-refractivity contribution is -0.384. The first-order chi connectivity index (χ1) is 14.3. The number of carbonyl (C=O) groups excluding carboxylic acids is 2. The van der Waals surface area contributed by atoms with Gasteiger partial charge >= 0.3 is 0 Å². The van der Waals surface area contributed by atoms with Crippen LogP contribution in [0.2, 0.25) is 10.0 Å². The van der Waals surface area contributed by atoms with Gasteiger partial charge in [-0.15, -0.1) is 0 Å². The van der Waals surface area contributed by atoms with Gasteiger partial charge in [-0.25, -0.2) is 5.43 Å². The molecule has 1 heterocycles. The average Bonchev–Trinajstić information content (AvgIpc) is 2.73. The Labute approximate surface area is 182 Å². The van der Waals surface area contributed by atoms with Crippen molar-refractivity contribution in [3.05, 3.63) is 73.8 Å². The lowest BCUT2D eigenvalue weighted by Gasteiger charge is -2.31. The Hall–Kier alpha value is -2.97. The van der Waals surface area contributed by atoms with E-state index in [0.29, 0.717) is 47.1 Å². The summed E-state index contributed by atoms with van der Waals surface area (Å²) in [5.74, 6) is -0.732. The molecule has 2 amide bonds. The van der Waals surface area contributed by atoms with Gasteiger partial charge in [0, 0.05) is 41.7 Å². The zero-order valence-electron chi connectivity index (χ0n) is 15.8. The number of nitrogens with zero attached hydrogens (tertiary/aromatic N) is 3. The maximum atomic E-state index is 12.6. The van der Waals surface area contributed by atoms with Gasteiger partial charge in [-0.05, 0) is 31.0 Å². The summed E-state index contributed by atoms with van der Waals surface area (Å²) in [5, 5.41) is 15.4. The van der Waals surface area contributed by atoms with Crippen LogP contribution >= 0.6 is 23.2 Å². The highest BCUT2D eigenvalue weighted by Gasteiger charge is 2.28. The quantitative estimate of drug-likeness (QED) is 0.425. The minimum atomic E-state index is -0.498. The lowest BCUT2D eigenvalue weighted by atomic mass is 9.95. The summed E-state index contributed by atoms with van der Waals surface area (Å²) in [6.07, 6.45) is 2.34. The van der Waals surface area contributed by atoms with E-state index in [4.69, 9.17) is 23.2 Å². The molecule has 0 saturated carbocycles. The number of hydrazone groups is 1. The Morgan fingerprint density at radius 3 is 2.57 bits per heavy atom. The van der Waals surface area contributed by atoms with Gasteiger partial charge in [0.25, 0.3) is 11.6 Å². The molecule has 1 saturated heterocycles. The number of likely N-dealkylation sites (tertiary alicyclic amines) is 1. The molecule has 3 rings (SSSR count). The second kappa shape index (κ2) is 9.69. The van der Waals surface area contributed by atoms with Crippen molar-refractivity contribution in [1.82, 2.24) is 10.3 Å². The van der Waals surface area contributed by atoms with E-state index >= 15 is 0 Å². The van der Waals surface area contributed by atoms with Crippen molar-refractivity contribution in [3.63, 3.8) is 0 Å². The van der Waals surface area contributed by atoms with E-state index in [-0.39, 0.29) is 23.4 Å². The average molecular weight is 449 g/mol. The van der Waals surface area contributed by atoms with Crippen LogP contribution in [0, 0.1) is 16.0 Å². The topological polar surface area (TPSA) is 105 Å². The Morgan fingerprint density at radius 1 is 1.17 bits per heavy atom. The summed E-state index contributed by atoms with van der Waals surface area (Å²) in [6.45, 7) is 0.842. The van der Waals surface area contributed by atoms with Crippen LogP contribution in [0.5, 0.6) is 0 Å². The van der Waals surface area contributed by atoms with Gasteiger partial charge in [-0.1, -0.05) is 35.3 Å². The fourth-order valence-electron chi connectivity index (χ4n) is 3.16. The van der Waals surface area contributed by atoms with E-state index < -0.39 is 4.92 Å². The van der Waals surface area contributed by atoms with E-state index in [1.54, 1.807) is 29.2 Å². The van der Waals surface area contributed by atoms with Gasteiger partial charge in [-0.2, -0.15) is 5.10 Å². The number of hydrogen-bond acceptors (Lipinski definition) is 5. The van der Waals surface area contributed by atoms with E-state index in [2.05, 4.69) is 10.5 Å². The number of benzene rings is 2. The van der Waals surface area contributed by atoms with Gasteiger partial charge in [0.05, 0.1) is 21.7 Å². The second-order valence-electron chi connectivity index (χ2n) is 6.78. The smallest absolute Gasteiger partial charge is 0.270 e. The van der Waals surface area contributed by atoms with Gasteiger partial charge in [0.2, 0.25) is 5.91 Å². The summed E-state index contributed by atoms with van der Waals surface area (Å²) in [4.78, 5) is 36.9. The molecule has 0 aliphatic carbocycles. The minimum absolute atomic E-state index is 0.0527. The van der Waals surface area contributed by atoms with Crippen LogP contribution in [0.1, 0.15) is 28.8 Å². The third kappa shape index (κ3) is 5.34. The first kappa shape index (κ1) is 21.7. The van der Waals surface area contributed by atoms with Crippen molar-refractivity contribution < 1.29 is 14.5 Å². The first-order valence-electron chi connectivity index (χ1n) is 9.17. The molecule has 1 N–H and O–H groups in total. The standard InChI is InChI=1S/C20H18Cl2N4O4/c21-15-4-5-17(18(22)11-15)20(28)25-8-6-14(7-9-25)19(27)24-23-12-13-2-1-3-16(10-13)26(29)30/h1-5,10-12,14H,6-9H2,(H,24,27)/b23-12-. The Balaban J connectivity index is 1.52. The number of piperidine rings is 1. The molecule has 30 heavy (non-hydrogen) atoms. The van der Waals surface area contributed by atoms with Crippen molar-refractivity contribution >= 4 is 46.9 Å². The zero-order chi connectivity index (χ0) is 21.7. The molecule has 156 valence electrons. The maximum Gasteiger partial charge on any atom is 0.270 e. The third-order valence-corrected chi connectivity index (χ3v) is 5.33. The third-order valence-electron chi connectivity index (χ3n) is 4.78. The lowest BCUT2D eigenvalue weighted by Crippen LogP contribution is -2.42. The molecule has 1 aliphatic heterocycles. The number of nitro groups is 1. The summed E-state index contributed by atoms with van der Waals surface area (Å²) in [7, 11) is 0. The predicted molar refractivity (Wildman–Crippen MR) is 114 cm³/mol. The number of amides is 2. The van der Waals surface area contributed by atoms with Gasteiger partial charge in [0.15, 0.2) is 0 Å². The number of nitrogens with one attached hydrogen (secondary N) is 1. The van der Waals surface area contributed by atoms with Crippen molar-refractivity contribution in [2.24, 2.45) is 11.0 Å². The van der Waals surface area contributed by atoms with E-state index in [0.717, 1.165) is 0 Å².